The average molecular weight is 258 g/mol. The summed E-state index contributed by atoms with van der Waals surface area (Å²) >= 11 is 0. The molecule has 4 rings (SSSR count). The number of aldehydes is 1. The lowest BCUT2D eigenvalue weighted by molar-refractivity contribution is -0.195. The van der Waals surface area contributed by atoms with Gasteiger partial charge in [0.2, 0.25) is 0 Å². The molecule has 0 saturated carbocycles. The molecule has 1 aromatic rings. The van der Waals surface area contributed by atoms with E-state index < -0.39 is 17.5 Å². The molecule has 2 bridgehead atoms. The summed E-state index contributed by atoms with van der Waals surface area (Å²) in [5.74, 6) is -0.924. The van der Waals surface area contributed by atoms with Gasteiger partial charge in [-0.2, -0.15) is 0 Å². The van der Waals surface area contributed by atoms with Crippen LogP contribution in [0.1, 0.15) is 12.0 Å². The van der Waals surface area contributed by atoms with E-state index >= 15 is 0 Å². The SMILES string of the molecule is O=C[C@H]1C[C@H]2C=C[C@]1(OCc1ccccc1)C(=O)O2. The number of hydrogen-bond donors (Lipinski definition) is 0. The molecule has 19 heavy (non-hydrogen) atoms. The molecule has 1 fully saturated rings. The van der Waals surface area contributed by atoms with Crippen LogP contribution in [-0.2, 0) is 25.7 Å². The van der Waals surface area contributed by atoms with Crippen molar-refractivity contribution in [3.05, 3.63) is 48.0 Å². The van der Waals surface area contributed by atoms with E-state index in [0.29, 0.717) is 6.42 Å². The number of rotatable bonds is 4. The summed E-state index contributed by atoms with van der Waals surface area (Å²) in [6.07, 6.45) is 4.48. The largest absolute Gasteiger partial charge is 0.456 e. The average Bonchev–Trinajstić information content (AvgIpc) is 2.47. The molecule has 2 aliphatic heterocycles. The molecule has 0 radical (unpaired) electrons. The van der Waals surface area contributed by atoms with Crippen molar-refractivity contribution >= 4 is 12.3 Å². The zero-order valence-corrected chi connectivity index (χ0v) is 10.3. The fraction of sp³-hybridized carbons (Fsp3) is 0.333. The highest BCUT2D eigenvalue weighted by Crippen LogP contribution is 2.39. The van der Waals surface area contributed by atoms with Crippen LogP contribution in [0.15, 0.2) is 42.5 Å². The highest BCUT2D eigenvalue weighted by molar-refractivity contribution is 5.89. The molecule has 1 aliphatic carbocycles. The van der Waals surface area contributed by atoms with Gasteiger partial charge in [-0.3, -0.25) is 0 Å². The van der Waals surface area contributed by atoms with E-state index in [1.165, 1.54) is 0 Å². The third-order valence-electron chi connectivity index (χ3n) is 3.66. The summed E-state index contributed by atoms with van der Waals surface area (Å²) < 4.78 is 11.0. The lowest BCUT2D eigenvalue weighted by Gasteiger charge is -2.43. The Morgan fingerprint density at radius 2 is 2.16 bits per heavy atom. The van der Waals surface area contributed by atoms with Crippen LogP contribution in [0.25, 0.3) is 0 Å². The highest BCUT2D eigenvalue weighted by Gasteiger charge is 2.54. The van der Waals surface area contributed by atoms with Gasteiger partial charge in [0, 0.05) is 6.42 Å². The number of esters is 1. The number of hydrogen-bond acceptors (Lipinski definition) is 4. The predicted octanol–water partition coefficient (Wildman–Crippen LogP) is 1.64. The third-order valence-corrected chi connectivity index (χ3v) is 3.66. The Morgan fingerprint density at radius 3 is 2.84 bits per heavy atom. The number of carbonyl (C=O) groups is 2. The predicted molar refractivity (Wildman–Crippen MR) is 67.2 cm³/mol. The van der Waals surface area contributed by atoms with Crippen LogP contribution in [0.2, 0.25) is 0 Å². The maximum absolute atomic E-state index is 12.0. The van der Waals surface area contributed by atoms with Crippen LogP contribution in [0.3, 0.4) is 0 Å². The van der Waals surface area contributed by atoms with Crippen LogP contribution in [0.4, 0.5) is 0 Å². The first-order valence-corrected chi connectivity index (χ1v) is 6.28. The second kappa shape index (κ2) is 4.63. The van der Waals surface area contributed by atoms with Gasteiger partial charge < -0.3 is 14.3 Å². The summed E-state index contributed by atoms with van der Waals surface area (Å²) in [7, 11) is 0. The number of ether oxygens (including phenoxy) is 2. The summed E-state index contributed by atoms with van der Waals surface area (Å²) in [6.45, 7) is 0.273. The van der Waals surface area contributed by atoms with E-state index in [1.807, 2.05) is 30.3 Å². The van der Waals surface area contributed by atoms with E-state index in [0.717, 1.165) is 11.8 Å². The highest BCUT2D eigenvalue weighted by atomic mass is 16.6. The molecular formula is C15H14O4. The van der Waals surface area contributed by atoms with Gasteiger partial charge in [0.1, 0.15) is 12.4 Å². The topological polar surface area (TPSA) is 52.6 Å². The Labute approximate surface area is 111 Å². The molecule has 3 atom stereocenters. The van der Waals surface area contributed by atoms with Gasteiger partial charge in [-0.15, -0.1) is 0 Å². The van der Waals surface area contributed by atoms with Gasteiger partial charge in [0.25, 0.3) is 0 Å². The van der Waals surface area contributed by atoms with E-state index in [-0.39, 0.29) is 12.7 Å². The summed E-state index contributed by atoms with van der Waals surface area (Å²) in [5.41, 5.74) is -0.290. The van der Waals surface area contributed by atoms with E-state index in [4.69, 9.17) is 9.47 Å². The van der Waals surface area contributed by atoms with Gasteiger partial charge in [-0.25, -0.2) is 4.79 Å². The molecule has 0 aromatic heterocycles. The fourth-order valence-electron chi connectivity index (χ4n) is 2.56. The quantitative estimate of drug-likeness (QED) is 0.468. The van der Waals surface area contributed by atoms with Crippen LogP contribution < -0.4 is 0 Å². The van der Waals surface area contributed by atoms with Crippen molar-refractivity contribution in [2.24, 2.45) is 5.92 Å². The summed E-state index contributed by atoms with van der Waals surface area (Å²) in [5, 5.41) is 0. The zero-order chi connectivity index (χ0) is 13.3. The monoisotopic (exact) mass is 258 g/mol. The van der Waals surface area contributed by atoms with Crippen LogP contribution >= 0.6 is 0 Å². The molecule has 0 N–H and O–H groups in total. The first-order chi connectivity index (χ1) is 9.24. The molecule has 2 heterocycles. The van der Waals surface area contributed by atoms with Crippen LogP contribution in [0.5, 0.6) is 0 Å². The Morgan fingerprint density at radius 1 is 1.37 bits per heavy atom. The normalized spacial score (nSPS) is 32.1. The standard InChI is InChI=1S/C15H14O4/c16-9-12-8-13-6-7-15(12,14(17)19-13)18-10-11-4-2-1-3-5-11/h1-7,9,12-13H,8,10H2/t12-,13-,15-/m1/s1. The molecule has 4 heteroatoms. The molecule has 0 amide bonds. The van der Waals surface area contributed by atoms with Crippen molar-refractivity contribution in [2.45, 2.75) is 24.7 Å². The number of carbonyl (C=O) groups excluding carboxylic acids is 2. The molecule has 3 aliphatic rings. The van der Waals surface area contributed by atoms with Gasteiger partial charge in [-0.1, -0.05) is 30.3 Å². The molecule has 4 nitrogen and oxygen atoms in total. The van der Waals surface area contributed by atoms with Gasteiger partial charge >= 0.3 is 5.97 Å². The Bertz CT molecular complexity index is 522. The van der Waals surface area contributed by atoms with Crippen molar-refractivity contribution in [1.82, 2.24) is 0 Å². The van der Waals surface area contributed by atoms with Crippen molar-refractivity contribution in [3.8, 4) is 0 Å². The van der Waals surface area contributed by atoms with Gasteiger partial charge in [0.15, 0.2) is 5.60 Å². The lowest BCUT2D eigenvalue weighted by Crippen LogP contribution is -2.57. The van der Waals surface area contributed by atoms with E-state index in [9.17, 15) is 9.59 Å². The minimum atomic E-state index is -1.24. The van der Waals surface area contributed by atoms with Crippen molar-refractivity contribution < 1.29 is 19.1 Å². The van der Waals surface area contributed by atoms with Gasteiger partial charge in [0.05, 0.1) is 12.5 Å². The first kappa shape index (κ1) is 12.1. The molecule has 1 saturated heterocycles. The first-order valence-electron chi connectivity index (χ1n) is 6.28. The minimum absolute atomic E-state index is 0.273. The Kier molecular flexibility index (Phi) is 2.95. The molecule has 0 unspecified atom stereocenters. The van der Waals surface area contributed by atoms with Crippen molar-refractivity contribution in [2.75, 3.05) is 0 Å². The maximum Gasteiger partial charge on any atom is 0.343 e. The smallest absolute Gasteiger partial charge is 0.343 e. The second-order valence-corrected chi connectivity index (χ2v) is 4.85. The summed E-state index contributed by atoms with van der Waals surface area (Å²) in [4.78, 5) is 23.2. The summed E-state index contributed by atoms with van der Waals surface area (Å²) in [6, 6.07) is 9.54. The molecule has 98 valence electrons. The molecular weight excluding hydrogens is 244 g/mol. The van der Waals surface area contributed by atoms with E-state index in [2.05, 4.69) is 0 Å². The second-order valence-electron chi connectivity index (χ2n) is 4.85. The van der Waals surface area contributed by atoms with Crippen LogP contribution in [-0.4, -0.2) is 24.0 Å². The fourth-order valence-corrected chi connectivity index (χ4v) is 2.56. The lowest BCUT2D eigenvalue weighted by atomic mass is 9.77. The number of benzene rings is 1. The number of fused-ring (bicyclic) bond motifs is 2. The van der Waals surface area contributed by atoms with Crippen molar-refractivity contribution in [1.29, 1.82) is 0 Å². The molecule has 0 spiro atoms. The van der Waals surface area contributed by atoms with E-state index in [1.54, 1.807) is 12.2 Å². The third kappa shape index (κ3) is 1.98. The van der Waals surface area contributed by atoms with Gasteiger partial charge in [-0.05, 0) is 17.7 Å². The maximum atomic E-state index is 12.0. The van der Waals surface area contributed by atoms with Crippen molar-refractivity contribution in [3.63, 3.8) is 0 Å². The molecule has 1 aromatic carbocycles. The minimum Gasteiger partial charge on any atom is -0.456 e. The Balaban J connectivity index is 1.83. The zero-order valence-electron chi connectivity index (χ0n) is 10.3. The Hall–Kier alpha value is -1.94. The van der Waals surface area contributed by atoms with Crippen LogP contribution in [0, 0.1) is 5.92 Å².